The van der Waals surface area contributed by atoms with Gasteiger partial charge in [0.25, 0.3) is 0 Å². The van der Waals surface area contributed by atoms with Crippen LogP contribution in [-0.4, -0.2) is 22.1 Å². The second kappa shape index (κ2) is 7.75. The molecule has 3 N–H and O–H groups in total. The van der Waals surface area contributed by atoms with Crippen LogP contribution in [0.5, 0.6) is 0 Å². The van der Waals surface area contributed by atoms with Crippen molar-refractivity contribution >= 4 is 18.3 Å². The van der Waals surface area contributed by atoms with E-state index >= 15 is 0 Å². The maximum Gasteiger partial charge on any atom is 0.249 e. The summed E-state index contributed by atoms with van der Waals surface area (Å²) in [6.45, 7) is 5.95. The van der Waals surface area contributed by atoms with Crippen LogP contribution in [0.15, 0.2) is 4.52 Å². The first kappa shape index (κ1) is 17.9. The van der Waals surface area contributed by atoms with E-state index in [1.54, 1.807) is 0 Å². The molecule has 120 valence electrons. The summed E-state index contributed by atoms with van der Waals surface area (Å²) in [6, 6.07) is -0.196. The lowest BCUT2D eigenvalue weighted by Gasteiger charge is -2.18. The number of nitrogens with two attached hydrogens (primary N) is 1. The molecule has 1 fully saturated rings. The third-order valence-electron chi connectivity index (χ3n) is 3.48. The Hall–Kier alpha value is -1.14. The minimum absolute atomic E-state index is 0. The van der Waals surface area contributed by atoms with Crippen molar-refractivity contribution in [2.45, 2.75) is 64.5 Å². The van der Waals surface area contributed by atoms with E-state index in [1.165, 1.54) is 0 Å². The Morgan fingerprint density at radius 3 is 2.62 bits per heavy atom. The van der Waals surface area contributed by atoms with Crippen molar-refractivity contribution < 1.29 is 9.32 Å². The number of hydrogen-bond acceptors (Lipinski definition) is 5. The lowest BCUT2D eigenvalue weighted by atomic mass is 10.0. The fourth-order valence-electron chi connectivity index (χ4n) is 2.00. The van der Waals surface area contributed by atoms with Crippen LogP contribution in [0, 0.1) is 5.92 Å². The van der Waals surface area contributed by atoms with Gasteiger partial charge in [0.05, 0.1) is 0 Å². The predicted octanol–water partition coefficient (Wildman–Crippen LogP) is 2.31. The molecule has 1 aliphatic carbocycles. The summed E-state index contributed by atoms with van der Waals surface area (Å²) in [4.78, 5) is 16.4. The zero-order valence-corrected chi connectivity index (χ0v) is 13.7. The van der Waals surface area contributed by atoms with Gasteiger partial charge in [-0.1, -0.05) is 19.0 Å². The third kappa shape index (κ3) is 5.28. The molecular weight excluding hydrogens is 292 g/mol. The van der Waals surface area contributed by atoms with Crippen LogP contribution in [0.2, 0.25) is 0 Å². The highest BCUT2D eigenvalue weighted by Crippen LogP contribution is 2.38. The molecule has 2 atom stereocenters. The maximum atomic E-state index is 11.9. The number of nitrogens with zero attached hydrogens (tertiary/aromatic N) is 2. The Bertz CT molecular complexity index is 458. The highest BCUT2D eigenvalue weighted by atomic mass is 35.5. The van der Waals surface area contributed by atoms with Crippen LogP contribution < -0.4 is 11.1 Å². The first-order valence-corrected chi connectivity index (χ1v) is 7.35. The van der Waals surface area contributed by atoms with Crippen molar-refractivity contribution in [1.82, 2.24) is 15.5 Å². The van der Waals surface area contributed by atoms with Crippen molar-refractivity contribution in [2.75, 3.05) is 0 Å². The van der Waals surface area contributed by atoms with E-state index in [9.17, 15) is 4.79 Å². The molecule has 0 bridgehead atoms. The van der Waals surface area contributed by atoms with Crippen LogP contribution >= 0.6 is 12.4 Å². The highest BCUT2D eigenvalue weighted by molar-refractivity contribution is 5.85. The smallest absolute Gasteiger partial charge is 0.249 e. The number of amides is 1. The second-order valence-corrected chi connectivity index (χ2v) is 6.07. The normalized spacial score (nSPS) is 17.2. The summed E-state index contributed by atoms with van der Waals surface area (Å²) < 4.78 is 5.32. The number of hydrogen-bond donors (Lipinski definition) is 2. The minimum Gasteiger partial charge on any atom is -0.344 e. The SMILES string of the molecule is CC(N)CCC(=O)NC(c1nc(C2CC2)no1)C(C)C.Cl. The average Bonchev–Trinajstić information content (AvgIpc) is 3.12. The summed E-state index contributed by atoms with van der Waals surface area (Å²) in [5.41, 5.74) is 5.67. The fourth-order valence-corrected chi connectivity index (χ4v) is 2.00. The van der Waals surface area contributed by atoms with Crippen molar-refractivity contribution in [3.05, 3.63) is 11.7 Å². The van der Waals surface area contributed by atoms with Gasteiger partial charge in [-0.05, 0) is 32.1 Å². The zero-order chi connectivity index (χ0) is 14.7. The van der Waals surface area contributed by atoms with Crippen LogP contribution in [0.4, 0.5) is 0 Å². The Morgan fingerprint density at radius 1 is 1.43 bits per heavy atom. The van der Waals surface area contributed by atoms with Crippen LogP contribution in [0.3, 0.4) is 0 Å². The van der Waals surface area contributed by atoms with Gasteiger partial charge in [0.2, 0.25) is 11.8 Å². The lowest BCUT2D eigenvalue weighted by Crippen LogP contribution is -2.32. The molecule has 21 heavy (non-hydrogen) atoms. The summed E-state index contributed by atoms with van der Waals surface area (Å²) in [5, 5.41) is 6.98. The van der Waals surface area contributed by atoms with E-state index < -0.39 is 0 Å². The average molecular weight is 317 g/mol. The molecule has 1 amide bonds. The van der Waals surface area contributed by atoms with Crippen LogP contribution in [0.1, 0.15) is 70.1 Å². The topological polar surface area (TPSA) is 94.0 Å². The summed E-state index contributed by atoms with van der Waals surface area (Å²) in [7, 11) is 0. The molecule has 2 unspecified atom stereocenters. The first-order chi connectivity index (χ1) is 9.47. The van der Waals surface area contributed by atoms with Crippen molar-refractivity contribution in [1.29, 1.82) is 0 Å². The molecule has 1 aliphatic rings. The number of carbonyl (C=O) groups excluding carboxylic acids is 1. The van der Waals surface area contributed by atoms with Crippen molar-refractivity contribution in [3.8, 4) is 0 Å². The van der Waals surface area contributed by atoms with E-state index in [2.05, 4.69) is 15.5 Å². The monoisotopic (exact) mass is 316 g/mol. The predicted molar refractivity (Wildman–Crippen MR) is 82.1 cm³/mol. The quantitative estimate of drug-likeness (QED) is 0.805. The minimum atomic E-state index is -0.226. The molecule has 1 aromatic heterocycles. The largest absolute Gasteiger partial charge is 0.344 e. The summed E-state index contributed by atoms with van der Waals surface area (Å²) in [5.74, 6) is 1.91. The number of halogens is 1. The molecule has 7 heteroatoms. The Kier molecular flexibility index (Phi) is 6.61. The standard InChI is InChI=1S/C14H24N4O2.ClH/c1-8(2)12(16-11(19)7-4-9(3)15)14-17-13(18-20-14)10-5-6-10;/h8-10,12H,4-7,15H2,1-3H3,(H,16,19);1H. The Balaban J connectivity index is 0.00000220. The van der Waals surface area contributed by atoms with Gasteiger partial charge in [0.15, 0.2) is 5.82 Å². The van der Waals surface area contributed by atoms with E-state index in [-0.39, 0.29) is 36.3 Å². The molecule has 6 nitrogen and oxygen atoms in total. The van der Waals surface area contributed by atoms with E-state index in [4.69, 9.17) is 10.3 Å². The van der Waals surface area contributed by atoms with Gasteiger partial charge < -0.3 is 15.6 Å². The molecule has 0 radical (unpaired) electrons. The number of aromatic nitrogens is 2. The van der Waals surface area contributed by atoms with Gasteiger partial charge in [0, 0.05) is 18.4 Å². The fraction of sp³-hybridized carbons (Fsp3) is 0.786. The molecule has 2 rings (SSSR count). The van der Waals surface area contributed by atoms with Crippen LogP contribution in [-0.2, 0) is 4.79 Å². The Labute approximate surface area is 131 Å². The summed E-state index contributed by atoms with van der Waals surface area (Å²) in [6.07, 6.45) is 3.36. The number of carbonyl (C=O) groups is 1. The van der Waals surface area contributed by atoms with E-state index in [0.717, 1.165) is 18.7 Å². The highest BCUT2D eigenvalue weighted by Gasteiger charge is 2.31. The van der Waals surface area contributed by atoms with Gasteiger partial charge in [0.1, 0.15) is 6.04 Å². The molecule has 0 spiro atoms. The van der Waals surface area contributed by atoms with Gasteiger partial charge in [-0.3, -0.25) is 4.79 Å². The maximum absolute atomic E-state index is 11.9. The number of nitrogens with one attached hydrogen (secondary N) is 1. The number of rotatable bonds is 7. The van der Waals surface area contributed by atoms with Gasteiger partial charge in [-0.15, -0.1) is 12.4 Å². The molecule has 1 aromatic rings. The first-order valence-electron chi connectivity index (χ1n) is 7.35. The molecule has 0 saturated heterocycles. The van der Waals surface area contributed by atoms with E-state index in [0.29, 0.717) is 24.7 Å². The van der Waals surface area contributed by atoms with Gasteiger partial charge >= 0.3 is 0 Å². The summed E-state index contributed by atoms with van der Waals surface area (Å²) >= 11 is 0. The lowest BCUT2D eigenvalue weighted by molar-refractivity contribution is -0.122. The Morgan fingerprint density at radius 2 is 2.10 bits per heavy atom. The second-order valence-electron chi connectivity index (χ2n) is 6.07. The zero-order valence-electron chi connectivity index (χ0n) is 12.8. The molecule has 0 aliphatic heterocycles. The van der Waals surface area contributed by atoms with Gasteiger partial charge in [-0.25, -0.2) is 0 Å². The molecule has 1 saturated carbocycles. The van der Waals surface area contributed by atoms with Crippen molar-refractivity contribution in [2.24, 2.45) is 11.7 Å². The van der Waals surface area contributed by atoms with Crippen LogP contribution in [0.25, 0.3) is 0 Å². The van der Waals surface area contributed by atoms with E-state index in [1.807, 2.05) is 20.8 Å². The molecular formula is C14H25ClN4O2. The van der Waals surface area contributed by atoms with Crippen molar-refractivity contribution in [3.63, 3.8) is 0 Å². The van der Waals surface area contributed by atoms with Gasteiger partial charge in [-0.2, -0.15) is 4.98 Å². The molecule has 0 aromatic carbocycles. The molecule has 1 heterocycles. The third-order valence-corrected chi connectivity index (χ3v) is 3.48.